The molecule has 1 heterocycles. The Labute approximate surface area is 82.9 Å². The summed E-state index contributed by atoms with van der Waals surface area (Å²) in [6.45, 7) is 1.98. The van der Waals surface area contributed by atoms with E-state index in [2.05, 4.69) is 32.9 Å². The maximum atomic E-state index is 4.20. The molecule has 0 aliphatic heterocycles. The molecular weight excluding hydrogens is 219 g/mol. The van der Waals surface area contributed by atoms with Crippen LogP contribution >= 0.6 is 0 Å². The second-order valence-electron chi connectivity index (χ2n) is 4.19. The molecule has 0 aliphatic rings. The summed E-state index contributed by atoms with van der Waals surface area (Å²) in [6, 6.07) is 4.03. The summed E-state index contributed by atoms with van der Waals surface area (Å²) < 4.78 is 3.36. The van der Waals surface area contributed by atoms with E-state index in [9.17, 15) is 0 Å². The van der Waals surface area contributed by atoms with Gasteiger partial charge in [-0.15, -0.1) is 0 Å². The first-order chi connectivity index (χ1) is 5.97. The van der Waals surface area contributed by atoms with Gasteiger partial charge in [0.15, 0.2) is 0 Å². The fraction of sp³-hybridized carbons (Fsp3) is 0.364. The van der Waals surface area contributed by atoms with E-state index >= 15 is 0 Å². The van der Waals surface area contributed by atoms with Gasteiger partial charge in [0.25, 0.3) is 0 Å². The number of hydrogen-bond acceptors (Lipinski definition) is 1. The number of hydrogen-bond donors (Lipinski definition) is 0. The molecule has 0 aliphatic carbocycles. The van der Waals surface area contributed by atoms with Gasteiger partial charge in [-0.25, -0.2) is 0 Å². The summed E-state index contributed by atoms with van der Waals surface area (Å²) in [6.07, 6.45) is 1.84. The Morgan fingerprint density at radius 1 is 1.23 bits per heavy atom. The van der Waals surface area contributed by atoms with Gasteiger partial charge in [0.05, 0.1) is 0 Å². The van der Waals surface area contributed by atoms with Crippen molar-refractivity contribution in [2.24, 2.45) is 0 Å². The molecule has 0 spiro atoms. The van der Waals surface area contributed by atoms with Crippen LogP contribution in [0, 0.1) is 17.6 Å². The molecule has 1 aromatic heterocycles. The Kier molecular flexibility index (Phi) is 3.16. The van der Waals surface area contributed by atoms with Crippen LogP contribution in [0.1, 0.15) is 11.3 Å². The quantitative estimate of drug-likeness (QED) is 0.496. The average Bonchev–Trinajstić information content (AvgIpc) is 2.02. The van der Waals surface area contributed by atoms with E-state index in [0.29, 0.717) is 0 Å². The number of nitrogens with zero attached hydrogens (tertiary/aromatic N) is 1. The van der Waals surface area contributed by atoms with Gasteiger partial charge in [-0.05, 0) is 0 Å². The predicted molar refractivity (Wildman–Crippen MR) is 59.2 cm³/mol. The zero-order chi connectivity index (χ0) is 9.90. The van der Waals surface area contributed by atoms with Gasteiger partial charge < -0.3 is 0 Å². The molecule has 2 heteroatoms. The van der Waals surface area contributed by atoms with Crippen molar-refractivity contribution < 1.29 is 0 Å². The third-order valence-electron chi connectivity index (χ3n) is 1.49. The third-order valence-corrected chi connectivity index (χ3v) is 3.33. The summed E-state index contributed by atoms with van der Waals surface area (Å²) >= 11 is -1.70. The molecule has 0 atom stereocenters. The first-order valence-corrected chi connectivity index (χ1v) is 11.8. The Morgan fingerprint density at radius 2 is 1.92 bits per heavy atom. The second kappa shape index (κ2) is 3.97. The van der Waals surface area contributed by atoms with Crippen LogP contribution in [0.5, 0.6) is 0 Å². The summed E-state index contributed by atoms with van der Waals surface area (Å²) in [5.41, 5.74) is 2.08. The topological polar surface area (TPSA) is 12.9 Å². The molecule has 1 nitrogen and oxygen atoms in total. The van der Waals surface area contributed by atoms with Crippen molar-refractivity contribution in [3.05, 3.63) is 29.6 Å². The molecule has 0 radical (unpaired) electrons. The molecule has 0 bridgehead atoms. The van der Waals surface area contributed by atoms with Gasteiger partial charge in [-0.3, -0.25) is 0 Å². The molecule has 0 amide bonds. The van der Waals surface area contributed by atoms with Gasteiger partial charge in [0.1, 0.15) is 0 Å². The molecular formula is C11H15GeN. The van der Waals surface area contributed by atoms with E-state index in [1.54, 1.807) is 0 Å². The van der Waals surface area contributed by atoms with Crippen molar-refractivity contribution in [3.63, 3.8) is 0 Å². The Morgan fingerprint density at radius 3 is 2.38 bits per heavy atom. The maximum absolute atomic E-state index is 4.20. The van der Waals surface area contributed by atoms with Crippen LogP contribution in [0.15, 0.2) is 18.3 Å². The van der Waals surface area contributed by atoms with E-state index in [-0.39, 0.29) is 0 Å². The standard InChI is InChI=1S/C11H15GeN/c1-10-5-6-11(9-13-10)7-8-12(2,3)4/h5-6,9H,1-4H3. The molecule has 0 saturated heterocycles. The summed E-state index contributed by atoms with van der Waals surface area (Å²) in [4.78, 5) is 4.20. The molecule has 1 rings (SSSR count). The van der Waals surface area contributed by atoms with Gasteiger partial charge in [0.2, 0.25) is 0 Å². The minimum absolute atomic E-state index is 1.03. The third kappa shape index (κ3) is 4.14. The van der Waals surface area contributed by atoms with Crippen LogP contribution in [0.2, 0.25) is 17.3 Å². The summed E-state index contributed by atoms with van der Waals surface area (Å²) in [5, 5.41) is 0. The zero-order valence-electron chi connectivity index (χ0n) is 8.68. The molecule has 0 saturated carbocycles. The molecule has 0 N–H and O–H groups in total. The fourth-order valence-corrected chi connectivity index (χ4v) is 1.89. The van der Waals surface area contributed by atoms with Crippen molar-refractivity contribution >= 4 is 13.3 Å². The number of aryl methyl sites for hydroxylation is 1. The van der Waals surface area contributed by atoms with E-state index in [0.717, 1.165) is 11.3 Å². The van der Waals surface area contributed by atoms with Crippen LogP contribution in [0.25, 0.3) is 0 Å². The summed E-state index contributed by atoms with van der Waals surface area (Å²) in [7, 11) is 0. The molecule has 0 unspecified atom stereocenters. The van der Waals surface area contributed by atoms with Crippen LogP contribution in [-0.2, 0) is 0 Å². The van der Waals surface area contributed by atoms with Crippen LogP contribution in [0.4, 0.5) is 0 Å². The monoisotopic (exact) mass is 235 g/mol. The zero-order valence-corrected chi connectivity index (χ0v) is 10.8. The Hall–Kier alpha value is -0.747. The second-order valence-corrected chi connectivity index (χ2v) is 14.2. The van der Waals surface area contributed by atoms with Crippen molar-refractivity contribution in [1.82, 2.24) is 4.98 Å². The van der Waals surface area contributed by atoms with Gasteiger partial charge in [-0.1, -0.05) is 0 Å². The summed E-state index contributed by atoms with van der Waals surface area (Å²) in [5.74, 6) is 10.0. The van der Waals surface area contributed by atoms with E-state index in [1.807, 2.05) is 25.3 Å². The van der Waals surface area contributed by atoms with Gasteiger partial charge in [-0.2, -0.15) is 0 Å². The number of rotatable bonds is 0. The first kappa shape index (κ1) is 10.3. The Bertz CT molecular complexity index is 335. The van der Waals surface area contributed by atoms with Crippen molar-refractivity contribution in [1.29, 1.82) is 0 Å². The SMILES string of the molecule is Cc1ccc(C#[C][Ge]([CH3])([CH3])[CH3])cn1. The molecule has 0 aromatic carbocycles. The molecule has 0 fully saturated rings. The van der Waals surface area contributed by atoms with Crippen molar-refractivity contribution in [3.8, 4) is 10.7 Å². The van der Waals surface area contributed by atoms with Crippen molar-refractivity contribution in [2.75, 3.05) is 0 Å². The van der Waals surface area contributed by atoms with Crippen LogP contribution in [0.3, 0.4) is 0 Å². The van der Waals surface area contributed by atoms with Crippen LogP contribution in [-0.4, -0.2) is 18.3 Å². The predicted octanol–water partition coefficient (Wildman–Crippen LogP) is 2.62. The number of pyridine rings is 1. The van der Waals surface area contributed by atoms with Crippen LogP contribution < -0.4 is 0 Å². The minimum atomic E-state index is -1.70. The van der Waals surface area contributed by atoms with Crippen molar-refractivity contribution in [2.45, 2.75) is 24.2 Å². The Balaban J connectivity index is 2.85. The molecule has 1 aromatic rings. The van der Waals surface area contributed by atoms with E-state index in [1.165, 1.54) is 0 Å². The van der Waals surface area contributed by atoms with E-state index in [4.69, 9.17) is 0 Å². The molecule has 68 valence electrons. The first-order valence-electron chi connectivity index (χ1n) is 4.43. The fourth-order valence-electron chi connectivity index (χ4n) is 0.801. The molecule has 13 heavy (non-hydrogen) atoms. The number of aromatic nitrogens is 1. The van der Waals surface area contributed by atoms with Gasteiger partial charge >= 0.3 is 82.7 Å². The normalized spacial score (nSPS) is 10.5. The average molecular weight is 234 g/mol. The van der Waals surface area contributed by atoms with E-state index < -0.39 is 13.3 Å². The van der Waals surface area contributed by atoms with Gasteiger partial charge in [0, 0.05) is 0 Å².